The Labute approximate surface area is 155 Å². The number of carbonyl (C=O) groups is 1. The van der Waals surface area contributed by atoms with Crippen LogP contribution in [0.15, 0.2) is 36.5 Å². The van der Waals surface area contributed by atoms with Gasteiger partial charge in [-0.2, -0.15) is 13.2 Å². The molecule has 0 unspecified atom stereocenters. The Morgan fingerprint density at radius 3 is 2.67 bits per heavy atom. The second-order valence-electron chi connectivity index (χ2n) is 5.73. The molecule has 0 aliphatic carbocycles. The lowest BCUT2D eigenvalue weighted by molar-refractivity contribution is -0.384. The zero-order valence-corrected chi connectivity index (χ0v) is 14.2. The minimum absolute atomic E-state index is 0.0309. The normalized spacial score (nSPS) is 14.6. The van der Waals surface area contributed by atoms with Crippen LogP contribution in [-0.4, -0.2) is 39.9 Å². The number of ether oxygens (including phenoxy) is 1. The van der Waals surface area contributed by atoms with E-state index in [0.717, 1.165) is 18.2 Å². The van der Waals surface area contributed by atoms with E-state index < -0.39 is 40.2 Å². The molecule has 1 amide bonds. The predicted octanol–water partition coefficient (Wildman–Crippen LogP) is 3.57. The summed E-state index contributed by atoms with van der Waals surface area (Å²) in [6.07, 6.45) is -4.09. The van der Waals surface area contributed by atoms with Crippen molar-refractivity contribution in [3.8, 4) is 5.88 Å². The number of likely N-dealkylation sites (tertiary alicyclic amines) is 1. The first kappa shape index (κ1) is 18.9. The van der Waals surface area contributed by atoms with Gasteiger partial charge < -0.3 is 9.64 Å². The average molecular weight is 402 g/mol. The maximum Gasteiger partial charge on any atom is 0.421 e. The number of rotatable bonds is 4. The topological polar surface area (TPSA) is 85.6 Å². The fraction of sp³-hybridized carbons (Fsp3) is 0.250. The van der Waals surface area contributed by atoms with Crippen molar-refractivity contribution in [2.75, 3.05) is 13.1 Å². The van der Waals surface area contributed by atoms with Gasteiger partial charge in [-0.15, -0.1) is 0 Å². The van der Waals surface area contributed by atoms with E-state index >= 15 is 0 Å². The average Bonchev–Trinajstić information content (AvgIpc) is 2.56. The van der Waals surface area contributed by atoms with Gasteiger partial charge in [0, 0.05) is 17.8 Å². The summed E-state index contributed by atoms with van der Waals surface area (Å²) < 4.78 is 44.0. The molecule has 7 nitrogen and oxygen atoms in total. The van der Waals surface area contributed by atoms with E-state index in [9.17, 15) is 28.1 Å². The van der Waals surface area contributed by atoms with Crippen LogP contribution in [0.4, 0.5) is 18.9 Å². The van der Waals surface area contributed by atoms with E-state index in [4.69, 9.17) is 16.3 Å². The van der Waals surface area contributed by atoms with E-state index in [1.54, 1.807) is 0 Å². The molecule has 0 N–H and O–H groups in total. The Balaban J connectivity index is 1.66. The lowest BCUT2D eigenvalue weighted by Gasteiger charge is -2.38. The zero-order chi connectivity index (χ0) is 19.8. The summed E-state index contributed by atoms with van der Waals surface area (Å²) in [6.45, 7) is 0.0618. The molecule has 0 radical (unpaired) electrons. The highest BCUT2D eigenvalue weighted by Crippen LogP contribution is 2.35. The van der Waals surface area contributed by atoms with Crippen molar-refractivity contribution in [2.24, 2.45) is 0 Å². The van der Waals surface area contributed by atoms with Gasteiger partial charge in [-0.3, -0.25) is 14.9 Å². The highest BCUT2D eigenvalue weighted by Gasteiger charge is 2.38. The van der Waals surface area contributed by atoms with Crippen molar-refractivity contribution in [3.63, 3.8) is 0 Å². The van der Waals surface area contributed by atoms with Gasteiger partial charge in [0.05, 0.1) is 18.0 Å². The van der Waals surface area contributed by atoms with Crippen LogP contribution in [0.3, 0.4) is 0 Å². The molecule has 27 heavy (non-hydrogen) atoms. The third-order valence-corrected chi connectivity index (χ3v) is 4.20. The van der Waals surface area contributed by atoms with Crippen molar-refractivity contribution in [1.82, 2.24) is 9.88 Å². The molecule has 2 heterocycles. The van der Waals surface area contributed by atoms with Gasteiger partial charge in [0.2, 0.25) is 5.88 Å². The molecule has 11 heteroatoms. The molecule has 0 bridgehead atoms. The Morgan fingerprint density at radius 2 is 2.04 bits per heavy atom. The number of benzene rings is 1. The van der Waals surface area contributed by atoms with Gasteiger partial charge in [0.15, 0.2) is 0 Å². The van der Waals surface area contributed by atoms with E-state index in [2.05, 4.69) is 4.98 Å². The standard InChI is InChI=1S/C16H11ClF3N3O4/c17-12-4-3-9(6-13(12)23(25)26)15(24)22-7-10(8-22)27-14-11(16(18,19)20)2-1-5-21-14/h1-6,10H,7-8H2. The highest BCUT2D eigenvalue weighted by atomic mass is 35.5. The third kappa shape index (κ3) is 3.95. The summed E-state index contributed by atoms with van der Waals surface area (Å²) in [5, 5.41) is 10.8. The maximum absolute atomic E-state index is 12.9. The molecular formula is C16H11ClF3N3O4. The number of aromatic nitrogens is 1. The van der Waals surface area contributed by atoms with Crippen molar-refractivity contribution in [2.45, 2.75) is 12.3 Å². The first-order chi connectivity index (χ1) is 12.7. The predicted molar refractivity (Wildman–Crippen MR) is 87.7 cm³/mol. The van der Waals surface area contributed by atoms with Crippen LogP contribution >= 0.6 is 11.6 Å². The zero-order valence-electron chi connectivity index (χ0n) is 13.4. The number of amides is 1. The highest BCUT2D eigenvalue weighted by molar-refractivity contribution is 6.32. The number of alkyl halides is 3. The van der Waals surface area contributed by atoms with E-state index in [1.165, 1.54) is 23.2 Å². The number of hydrogen-bond acceptors (Lipinski definition) is 5. The molecule has 1 aliphatic heterocycles. The molecule has 0 spiro atoms. The minimum Gasteiger partial charge on any atom is -0.470 e. The number of nitro groups is 1. The van der Waals surface area contributed by atoms with Crippen LogP contribution in [0.5, 0.6) is 5.88 Å². The van der Waals surface area contributed by atoms with Crippen LogP contribution < -0.4 is 4.74 Å². The quantitative estimate of drug-likeness (QED) is 0.577. The first-order valence-electron chi connectivity index (χ1n) is 7.59. The lowest BCUT2D eigenvalue weighted by Crippen LogP contribution is -2.56. The fourth-order valence-corrected chi connectivity index (χ4v) is 2.69. The molecule has 1 aliphatic rings. The smallest absolute Gasteiger partial charge is 0.421 e. The van der Waals surface area contributed by atoms with Gasteiger partial charge >= 0.3 is 6.18 Å². The second kappa shape index (κ2) is 7.03. The van der Waals surface area contributed by atoms with Crippen molar-refractivity contribution < 1.29 is 27.6 Å². The summed E-state index contributed by atoms with van der Waals surface area (Å²) in [5.41, 5.74) is -1.35. The van der Waals surface area contributed by atoms with Gasteiger partial charge in [-0.1, -0.05) is 11.6 Å². The number of hydrogen-bond donors (Lipinski definition) is 0. The van der Waals surface area contributed by atoms with Gasteiger partial charge in [-0.05, 0) is 24.3 Å². The van der Waals surface area contributed by atoms with Gasteiger partial charge in [0.25, 0.3) is 11.6 Å². The summed E-state index contributed by atoms with van der Waals surface area (Å²) in [4.78, 5) is 27.4. The molecule has 1 aromatic heterocycles. The molecular weight excluding hydrogens is 391 g/mol. The molecule has 142 valence electrons. The largest absolute Gasteiger partial charge is 0.470 e. The van der Waals surface area contributed by atoms with E-state index in [-0.39, 0.29) is 23.7 Å². The summed E-state index contributed by atoms with van der Waals surface area (Å²) in [7, 11) is 0. The Morgan fingerprint density at radius 1 is 1.33 bits per heavy atom. The fourth-order valence-electron chi connectivity index (χ4n) is 2.51. The molecule has 3 rings (SSSR count). The summed E-state index contributed by atoms with van der Waals surface area (Å²) in [5.74, 6) is -1.06. The SMILES string of the molecule is O=C(c1ccc(Cl)c([N+](=O)[O-])c1)N1CC(Oc2ncccc2C(F)(F)F)C1. The van der Waals surface area contributed by atoms with Crippen LogP contribution in [0.1, 0.15) is 15.9 Å². The molecule has 0 atom stereocenters. The van der Waals surface area contributed by atoms with Gasteiger partial charge in [0.1, 0.15) is 16.7 Å². The number of nitrogens with zero attached hydrogens (tertiary/aromatic N) is 3. The van der Waals surface area contributed by atoms with Crippen LogP contribution in [0.2, 0.25) is 5.02 Å². The van der Waals surface area contributed by atoms with Crippen LogP contribution in [-0.2, 0) is 6.18 Å². The number of halogens is 4. The van der Waals surface area contributed by atoms with Crippen molar-refractivity contribution in [1.29, 1.82) is 0 Å². The van der Waals surface area contributed by atoms with Gasteiger partial charge in [-0.25, -0.2) is 4.98 Å². The Hall–Kier alpha value is -2.88. The lowest BCUT2D eigenvalue weighted by atomic mass is 10.1. The third-order valence-electron chi connectivity index (χ3n) is 3.88. The monoisotopic (exact) mass is 401 g/mol. The Kier molecular flexibility index (Phi) is 4.92. The molecule has 2 aromatic rings. The summed E-state index contributed by atoms with van der Waals surface area (Å²) >= 11 is 5.70. The number of pyridine rings is 1. The molecule has 1 saturated heterocycles. The molecule has 1 fully saturated rings. The molecule has 0 saturated carbocycles. The van der Waals surface area contributed by atoms with Crippen molar-refractivity contribution >= 4 is 23.2 Å². The Bertz CT molecular complexity index is 901. The maximum atomic E-state index is 12.9. The van der Waals surface area contributed by atoms with E-state index in [1.807, 2.05) is 0 Å². The minimum atomic E-state index is -4.61. The number of nitro benzene ring substituents is 1. The van der Waals surface area contributed by atoms with E-state index in [0.29, 0.717) is 0 Å². The van der Waals surface area contributed by atoms with Crippen LogP contribution in [0, 0.1) is 10.1 Å². The molecule has 1 aromatic carbocycles. The second-order valence-corrected chi connectivity index (χ2v) is 6.13. The van der Waals surface area contributed by atoms with Crippen LogP contribution in [0.25, 0.3) is 0 Å². The number of carbonyl (C=O) groups excluding carboxylic acids is 1. The van der Waals surface area contributed by atoms with Crippen molar-refractivity contribution in [3.05, 3.63) is 62.8 Å². The summed E-state index contributed by atoms with van der Waals surface area (Å²) in [6, 6.07) is 5.65. The first-order valence-corrected chi connectivity index (χ1v) is 7.96.